The molecule has 0 N–H and O–H groups in total. The topological polar surface area (TPSA) is 42.4 Å². The van der Waals surface area contributed by atoms with Gasteiger partial charge in [-0.25, -0.2) is 0 Å². The third-order valence-electron chi connectivity index (χ3n) is 4.60. The van der Waals surface area contributed by atoms with E-state index in [4.69, 9.17) is 4.74 Å². The van der Waals surface area contributed by atoms with Gasteiger partial charge in [0.05, 0.1) is 0 Å². The molecule has 0 bridgehead atoms. The molecule has 0 aliphatic carbocycles. The van der Waals surface area contributed by atoms with Crippen molar-refractivity contribution in [3.05, 3.63) is 115 Å². The van der Waals surface area contributed by atoms with Crippen LogP contribution in [0.15, 0.2) is 97.9 Å². The molecule has 0 aliphatic rings. The van der Waals surface area contributed by atoms with E-state index in [1.54, 1.807) is 29.4 Å². The minimum atomic E-state index is -0.0252. The zero-order valence-electron chi connectivity index (χ0n) is 17.0. The fourth-order valence-electron chi connectivity index (χ4n) is 2.95. The fraction of sp³-hybridized carbons (Fsp3) is 0.154. The van der Waals surface area contributed by atoms with Crippen molar-refractivity contribution in [2.45, 2.75) is 13.0 Å². The lowest BCUT2D eigenvalue weighted by Crippen LogP contribution is -2.31. The highest BCUT2D eigenvalue weighted by molar-refractivity contribution is 5.91. The van der Waals surface area contributed by atoms with Crippen LogP contribution in [0.2, 0.25) is 0 Å². The van der Waals surface area contributed by atoms with Crippen LogP contribution in [0.5, 0.6) is 5.75 Å². The molecule has 0 saturated carbocycles. The summed E-state index contributed by atoms with van der Waals surface area (Å²) in [6, 6.07) is 21.7. The summed E-state index contributed by atoms with van der Waals surface area (Å²) in [6.07, 6.45) is 9.54. The van der Waals surface area contributed by atoms with Crippen molar-refractivity contribution < 1.29 is 9.53 Å². The van der Waals surface area contributed by atoms with E-state index in [1.807, 2.05) is 60.7 Å². The molecule has 0 spiro atoms. The van der Waals surface area contributed by atoms with Crippen LogP contribution < -0.4 is 4.74 Å². The predicted octanol–water partition coefficient (Wildman–Crippen LogP) is 4.93. The van der Waals surface area contributed by atoms with Crippen molar-refractivity contribution in [1.82, 2.24) is 9.88 Å². The Bertz CT molecular complexity index is 951. The van der Waals surface area contributed by atoms with Crippen molar-refractivity contribution in [3.8, 4) is 5.75 Å². The Kier molecular flexibility index (Phi) is 7.98. The molecule has 0 aliphatic heterocycles. The summed E-state index contributed by atoms with van der Waals surface area (Å²) in [5.74, 6) is 0.751. The average molecular weight is 399 g/mol. The first kappa shape index (κ1) is 21.1. The van der Waals surface area contributed by atoms with Gasteiger partial charge >= 0.3 is 0 Å². The van der Waals surface area contributed by atoms with E-state index in [2.05, 4.69) is 23.7 Å². The SMILES string of the molecule is C=CCN(CCc1ccccc1)C(=O)/C=C/c1ccc(OCc2cccnc2)cc1. The average Bonchev–Trinajstić information content (AvgIpc) is 2.81. The van der Waals surface area contributed by atoms with Crippen LogP contribution in [0, 0.1) is 0 Å². The maximum absolute atomic E-state index is 12.6. The molecule has 0 unspecified atom stereocenters. The minimum absolute atomic E-state index is 0.0252. The molecule has 2 aromatic carbocycles. The highest BCUT2D eigenvalue weighted by Gasteiger charge is 2.09. The number of nitrogens with zero attached hydrogens (tertiary/aromatic N) is 2. The highest BCUT2D eigenvalue weighted by Crippen LogP contribution is 2.15. The molecule has 4 heteroatoms. The molecular weight excluding hydrogens is 372 g/mol. The summed E-state index contributed by atoms with van der Waals surface area (Å²) >= 11 is 0. The highest BCUT2D eigenvalue weighted by atomic mass is 16.5. The van der Waals surface area contributed by atoms with Crippen molar-refractivity contribution in [1.29, 1.82) is 0 Å². The first-order valence-corrected chi connectivity index (χ1v) is 9.98. The molecule has 0 radical (unpaired) electrons. The number of carbonyl (C=O) groups excluding carboxylic acids is 1. The van der Waals surface area contributed by atoms with Gasteiger partial charge in [-0.05, 0) is 41.8 Å². The predicted molar refractivity (Wildman–Crippen MR) is 121 cm³/mol. The quantitative estimate of drug-likeness (QED) is 0.359. The molecule has 1 heterocycles. The van der Waals surface area contributed by atoms with Gasteiger partial charge in [0.2, 0.25) is 5.91 Å². The number of rotatable bonds is 10. The van der Waals surface area contributed by atoms with E-state index in [0.29, 0.717) is 19.7 Å². The first-order valence-electron chi connectivity index (χ1n) is 9.98. The molecule has 0 fully saturated rings. The van der Waals surface area contributed by atoms with Crippen LogP contribution in [0.1, 0.15) is 16.7 Å². The van der Waals surface area contributed by atoms with E-state index in [9.17, 15) is 4.79 Å². The van der Waals surface area contributed by atoms with Gasteiger partial charge in [0.1, 0.15) is 12.4 Å². The second kappa shape index (κ2) is 11.4. The molecule has 1 aromatic heterocycles. The summed E-state index contributed by atoms with van der Waals surface area (Å²) in [5, 5.41) is 0. The van der Waals surface area contributed by atoms with Crippen LogP contribution in [0.4, 0.5) is 0 Å². The Balaban J connectivity index is 1.53. The monoisotopic (exact) mass is 398 g/mol. The Hall–Kier alpha value is -3.66. The molecule has 0 saturated heterocycles. The van der Waals surface area contributed by atoms with E-state index in [-0.39, 0.29) is 5.91 Å². The van der Waals surface area contributed by atoms with Gasteiger partial charge in [0, 0.05) is 37.1 Å². The number of hydrogen-bond donors (Lipinski definition) is 0. The maximum atomic E-state index is 12.6. The molecule has 30 heavy (non-hydrogen) atoms. The second-order valence-electron chi connectivity index (χ2n) is 6.86. The maximum Gasteiger partial charge on any atom is 0.246 e. The summed E-state index contributed by atoms with van der Waals surface area (Å²) in [7, 11) is 0. The number of carbonyl (C=O) groups is 1. The van der Waals surface area contributed by atoms with E-state index in [0.717, 1.165) is 23.3 Å². The lowest BCUT2D eigenvalue weighted by atomic mass is 10.1. The lowest BCUT2D eigenvalue weighted by Gasteiger charge is -2.19. The number of hydrogen-bond acceptors (Lipinski definition) is 3. The third kappa shape index (κ3) is 6.74. The van der Waals surface area contributed by atoms with Gasteiger partial charge in [0.15, 0.2) is 0 Å². The van der Waals surface area contributed by atoms with Crippen LogP contribution in [0.3, 0.4) is 0 Å². The van der Waals surface area contributed by atoms with Crippen molar-refractivity contribution >= 4 is 12.0 Å². The fourth-order valence-corrected chi connectivity index (χ4v) is 2.95. The molecular formula is C26H26N2O2. The Morgan fingerprint density at radius 3 is 2.47 bits per heavy atom. The van der Waals surface area contributed by atoms with E-state index in [1.165, 1.54) is 5.56 Å². The largest absolute Gasteiger partial charge is 0.489 e. The Morgan fingerprint density at radius 1 is 1.00 bits per heavy atom. The molecule has 3 aromatic rings. The normalized spacial score (nSPS) is 10.7. The van der Waals surface area contributed by atoms with Crippen molar-refractivity contribution in [2.75, 3.05) is 13.1 Å². The summed E-state index contributed by atoms with van der Waals surface area (Å²) in [6.45, 7) is 5.42. The molecule has 152 valence electrons. The molecule has 4 nitrogen and oxygen atoms in total. The van der Waals surface area contributed by atoms with Gasteiger partial charge in [0.25, 0.3) is 0 Å². The number of amides is 1. The van der Waals surface area contributed by atoms with Gasteiger partial charge in [-0.15, -0.1) is 6.58 Å². The zero-order valence-corrected chi connectivity index (χ0v) is 17.0. The number of ether oxygens (including phenoxy) is 1. The number of benzene rings is 2. The smallest absolute Gasteiger partial charge is 0.246 e. The van der Waals surface area contributed by atoms with Crippen LogP contribution in [0.25, 0.3) is 6.08 Å². The van der Waals surface area contributed by atoms with Crippen LogP contribution in [-0.2, 0) is 17.8 Å². The zero-order chi connectivity index (χ0) is 21.0. The van der Waals surface area contributed by atoms with Crippen molar-refractivity contribution in [2.24, 2.45) is 0 Å². The Labute approximate surface area is 178 Å². The van der Waals surface area contributed by atoms with Gasteiger partial charge in [-0.3, -0.25) is 9.78 Å². The van der Waals surface area contributed by atoms with Crippen LogP contribution in [-0.4, -0.2) is 28.9 Å². The summed E-state index contributed by atoms with van der Waals surface area (Å²) < 4.78 is 5.77. The standard InChI is InChI=1S/C26H26N2O2/c1-2-18-28(19-16-22-7-4-3-5-8-22)26(29)15-12-23-10-13-25(14-11-23)30-21-24-9-6-17-27-20-24/h2-15,17,20H,1,16,18-19,21H2/b15-12+. The van der Waals surface area contributed by atoms with E-state index < -0.39 is 0 Å². The summed E-state index contributed by atoms with van der Waals surface area (Å²) in [5.41, 5.74) is 3.17. The molecule has 3 rings (SSSR count). The van der Waals surface area contributed by atoms with Gasteiger partial charge in [-0.2, -0.15) is 0 Å². The van der Waals surface area contributed by atoms with E-state index >= 15 is 0 Å². The van der Waals surface area contributed by atoms with Crippen LogP contribution >= 0.6 is 0 Å². The molecule has 0 atom stereocenters. The molecule has 1 amide bonds. The van der Waals surface area contributed by atoms with Gasteiger partial charge < -0.3 is 9.64 Å². The first-order chi connectivity index (χ1) is 14.7. The number of pyridine rings is 1. The van der Waals surface area contributed by atoms with Crippen molar-refractivity contribution in [3.63, 3.8) is 0 Å². The van der Waals surface area contributed by atoms with Gasteiger partial charge in [-0.1, -0.05) is 54.6 Å². The number of aromatic nitrogens is 1. The Morgan fingerprint density at radius 2 is 1.77 bits per heavy atom. The minimum Gasteiger partial charge on any atom is -0.489 e. The summed E-state index contributed by atoms with van der Waals surface area (Å²) in [4.78, 5) is 18.5. The lowest BCUT2D eigenvalue weighted by molar-refractivity contribution is -0.125. The third-order valence-corrected chi connectivity index (χ3v) is 4.60. The second-order valence-corrected chi connectivity index (χ2v) is 6.86.